The van der Waals surface area contributed by atoms with E-state index >= 15 is 0 Å². The van der Waals surface area contributed by atoms with Crippen LogP contribution in [0, 0.1) is 5.92 Å². The number of carbonyl (C=O) groups excluding carboxylic acids is 1. The number of carbonyl (C=O) groups is 1. The highest BCUT2D eigenvalue weighted by molar-refractivity contribution is 5.90. The Morgan fingerprint density at radius 2 is 1.67 bits per heavy atom. The first kappa shape index (κ1) is 16.7. The standard InChI is InChI=1S/C20H23NO3/c1-15(16-12-13-24-14-16)21-19(22)20(23,17-8-4-2-5-9-17)18-10-6-3-7-11-18/h2-11,15-16,23H,12-14H2,1H3,(H,21,22). The van der Waals surface area contributed by atoms with Crippen LogP contribution in [0.3, 0.4) is 0 Å². The van der Waals surface area contributed by atoms with Gasteiger partial charge in [-0.25, -0.2) is 0 Å². The summed E-state index contributed by atoms with van der Waals surface area (Å²) in [4.78, 5) is 13.0. The van der Waals surface area contributed by atoms with Crippen LogP contribution in [0.2, 0.25) is 0 Å². The van der Waals surface area contributed by atoms with Crippen LogP contribution in [0.15, 0.2) is 60.7 Å². The van der Waals surface area contributed by atoms with E-state index < -0.39 is 11.5 Å². The molecule has 2 N–H and O–H groups in total. The van der Waals surface area contributed by atoms with E-state index in [9.17, 15) is 9.90 Å². The van der Waals surface area contributed by atoms with E-state index in [1.165, 1.54) is 0 Å². The maximum atomic E-state index is 13.0. The van der Waals surface area contributed by atoms with E-state index in [4.69, 9.17) is 4.74 Å². The van der Waals surface area contributed by atoms with Crippen molar-refractivity contribution in [1.29, 1.82) is 0 Å². The lowest BCUT2D eigenvalue weighted by atomic mass is 9.85. The van der Waals surface area contributed by atoms with E-state index in [0.29, 0.717) is 17.7 Å². The third-order valence-corrected chi connectivity index (χ3v) is 4.74. The third-order valence-electron chi connectivity index (χ3n) is 4.74. The molecule has 4 heteroatoms. The number of hydrogen-bond donors (Lipinski definition) is 2. The summed E-state index contributed by atoms with van der Waals surface area (Å²) in [7, 11) is 0. The molecule has 2 aromatic rings. The Balaban J connectivity index is 1.91. The Morgan fingerprint density at radius 1 is 1.12 bits per heavy atom. The monoisotopic (exact) mass is 325 g/mol. The number of ether oxygens (including phenoxy) is 1. The van der Waals surface area contributed by atoms with Crippen LogP contribution >= 0.6 is 0 Å². The Hall–Kier alpha value is -2.17. The minimum absolute atomic E-state index is 0.0565. The van der Waals surface area contributed by atoms with Crippen molar-refractivity contribution in [2.45, 2.75) is 25.0 Å². The van der Waals surface area contributed by atoms with E-state index in [1.807, 2.05) is 43.3 Å². The Labute approximate surface area is 142 Å². The van der Waals surface area contributed by atoms with Crippen LogP contribution < -0.4 is 5.32 Å². The number of nitrogens with one attached hydrogen (secondary N) is 1. The molecule has 0 aliphatic carbocycles. The van der Waals surface area contributed by atoms with Crippen molar-refractivity contribution in [3.63, 3.8) is 0 Å². The van der Waals surface area contributed by atoms with Crippen LogP contribution in [0.25, 0.3) is 0 Å². The smallest absolute Gasteiger partial charge is 0.261 e. The second-order valence-corrected chi connectivity index (χ2v) is 6.33. The van der Waals surface area contributed by atoms with Crippen molar-refractivity contribution in [2.24, 2.45) is 5.92 Å². The Bertz CT molecular complexity index is 626. The highest BCUT2D eigenvalue weighted by Gasteiger charge is 2.41. The molecule has 2 aromatic carbocycles. The third kappa shape index (κ3) is 3.21. The molecule has 0 radical (unpaired) electrons. The van der Waals surface area contributed by atoms with Gasteiger partial charge >= 0.3 is 0 Å². The molecule has 1 aliphatic heterocycles. The maximum absolute atomic E-state index is 13.0. The lowest BCUT2D eigenvalue weighted by Gasteiger charge is -2.31. The fourth-order valence-corrected chi connectivity index (χ4v) is 3.16. The molecule has 1 aliphatic rings. The zero-order valence-corrected chi connectivity index (χ0v) is 13.8. The Morgan fingerprint density at radius 3 is 2.12 bits per heavy atom. The van der Waals surface area contributed by atoms with Gasteiger partial charge in [0.2, 0.25) is 0 Å². The second-order valence-electron chi connectivity index (χ2n) is 6.33. The summed E-state index contributed by atoms with van der Waals surface area (Å²) in [5, 5.41) is 14.4. The number of hydrogen-bond acceptors (Lipinski definition) is 3. The molecule has 24 heavy (non-hydrogen) atoms. The first-order valence-corrected chi connectivity index (χ1v) is 8.34. The van der Waals surface area contributed by atoms with Crippen molar-refractivity contribution in [2.75, 3.05) is 13.2 Å². The molecule has 3 rings (SSSR count). The molecule has 1 saturated heterocycles. The van der Waals surface area contributed by atoms with Gasteiger partial charge in [0.25, 0.3) is 5.91 Å². The number of amides is 1. The summed E-state index contributed by atoms with van der Waals surface area (Å²) in [6.45, 7) is 3.34. The normalized spacial score (nSPS) is 19.0. The van der Waals surface area contributed by atoms with Crippen molar-refractivity contribution >= 4 is 5.91 Å². The van der Waals surface area contributed by atoms with Gasteiger partial charge in [-0.2, -0.15) is 0 Å². The molecule has 1 heterocycles. The van der Waals surface area contributed by atoms with Gasteiger partial charge in [0.05, 0.1) is 6.61 Å². The van der Waals surface area contributed by atoms with Crippen molar-refractivity contribution in [3.05, 3.63) is 71.8 Å². The van der Waals surface area contributed by atoms with Gasteiger partial charge in [-0.15, -0.1) is 0 Å². The predicted molar refractivity (Wildman–Crippen MR) is 92.4 cm³/mol. The zero-order chi connectivity index (χ0) is 17.0. The van der Waals surface area contributed by atoms with Crippen LogP contribution in [-0.4, -0.2) is 30.3 Å². The highest BCUT2D eigenvalue weighted by Crippen LogP contribution is 2.30. The molecular formula is C20H23NO3. The molecule has 0 saturated carbocycles. The molecule has 0 bridgehead atoms. The molecule has 2 atom stereocenters. The summed E-state index contributed by atoms with van der Waals surface area (Å²) in [5.41, 5.74) is -0.594. The van der Waals surface area contributed by atoms with Crippen LogP contribution in [0.5, 0.6) is 0 Å². The first-order valence-electron chi connectivity index (χ1n) is 8.34. The number of aliphatic hydroxyl groups is 1. The summed E-state index contributed by atoms with van der Waals surface area (Å²) in [6.07, 6.45) is 0.927. The predicted octanol–water partition coefficient (Wildman–Crippen LogP) is 2.46. The minimum Gasteiger partial charge on any atom is -0.381 e. The van der Waals surface area contributed by atoms with Crippen molar-refractivity contribution < 1.29 is 14.6 Å². The van der Waals surface area contributed by atoms with Crippen molar-refractivity contribution in [1.82, 2.24) is 5.32 Å². The second kappa shape index (κ2) is 7.16. The molecule has 126 valence electrons. The van der Waals surface area contributed by atoms with Gasteiger partial charge < -0.3 is 15.2 Å². The van der Waals surface area contributed by atoms with E-state index in [2.05, 4.69) is 5.32 Å². The van der Waals surface area contributed by atoms with Gasteiger partial charge in [-0.3, -0.25) is 4.79 Å². The number of rotatable bonds is 5. The van der Waals surface area contributed by atoms with Crippen LogP contribution in [0.4, 0.5) is 0 Å². The first-order chi connectivity index (χ1) is 11.6. The lowest BCUT2D eigenvalue weighted by Crippen LogP contribution is -2.50. The highest BCUT2D eigenvalue weighted by atomic mass is 16.5. The summed E-state index contributed by atoms with van der Waals surface area (Å²) < 4.78 is 5.40. The van der Waals surface area contributed by atoms with Gasteiger partial charge in [0, 0.05) is 18.6 Å². The topological polar surface area (TPSA) is 58.6 Å². The van der Waals surface area contributed by atoms with Crippen LogP contribution in [0.1, 0.15) is 24.5 Å². The van der Waals surface area contributed by atoms with Gasteiger partial charge in [-0.05, 0) is 24.5 Å². The van der Waals surface area contributed by atoms with Crippen molar-refractivity contribution in [3.8, 4) is 0 Å². The zero-order valence-electron chi connectivity index (χ0n) is 13.8. The number of benzene rings is 2. The summed E-state index contributed by atoms with van der Waals surface area (Å²) in [6, 6.07) is 18.1. The average molecular weight is 325 g/mol. The van der Waals surface area contributed by atoms with E-state index in [-0.39, 0.29) is 12.0 Å². The Kier molecular flexibility index (Phi) is 4.97. The maximum Gasteiger partial charge on any atom is 0.261 e. The molecule has 1 amide bonds. The quantitative estimate of drug-likeness (QED) is 0.888. The SMILES string of the molecule is CC(NC(=O)C(O)(c1ccccc1)c1ccccc1)C1CCOC1. The molecule has 0 spiro atoms. The summed E-state index contributed by atoms with van der Waals surface area (Å²) in [5.74, 6) is -0.121. The lowest BCUT2D eigenvalue weighted by molar-refractivity contribution is -0.137. The average Bonchev–Trinajstić information content (AvgIpc) is 3.17. The minimum atomic E-state index is -1.71. The molecule has 2 unspecified atom stereocenters. The van der Waals surface area contributed by atoms with Gasteiger partial charge in [0.15, 0.2) is 5.60 Å². The van der Waals surface area contributed by atoms with Crippen LogP contribution in [-0.2, 0) is 15.1 Å². The van der Waals surface area contributed by atoms with E-state index in [1.54, 1.807) is 24.3 Å². The largest absolute Gasteiger partial charge is 0.381 e. The molecule has 1 fully saturated rings. The van der Waals surface area contributed by atoms with Gasteiger partial charge in [0.1, 0.15) is 0 Å². The molecular weight excluding hydrogens is 302 g/mol. The fourth-order valence-electron chi connectivity index (χ4n) is 3.16. The molecule has 0 aromatic heterocycles. The van der Waals surface area contributed by atoms with Gasteiger partial charge in [-0.1, -0.05) is 60.7 Å². The summed E-state index contributed by atoms with van der Waals surface area (Å²) >= 11 is 0. The molecule has 4 nitrogen and oxygen atoms in total. The fraction of sp³-hybridized carbons (Fsp3) is 0.350. The van der Waals surface area contributed by atoms with E-state index in [0.717, 1.165) is 13.0 Å².